The summed E-state index contributed by atoms with van der Waals surface area (Å²) in [5.41, 5.74) is 2.73. The number of hydrogen-bond acceptors (Lipinski definition) is 9. The van der Waals surface area contributed by atoms with E-state index in [-0.39, 0.29) is 35.3 Å². The first kappa shape index (κ1) is 24.0. The van der Waals surface area contributed by atoms with Crippen LogP contribution in [0.4, 0.5) is 0 Å². The fourth-order valence-electron chi connectivity index (χ4n) is 4.03. The molecule has 0 saturated heterocycles. The molecule has 0 amide bonds. The number of ether oxygens (including phenoxy) is 1. The summed E-state index contributed by atoms with van der Waals surface area (Å²) >= 11 is 0. The second kappa shape index (κ2) is 10.1. The average Bonchev–Trinajstić information content (AvgIpc) is 3.66. The van der Waals surface area contributed by atoms with Crippen molar-refractivity contribution in [3.05, 3.63) is 88.7 Å². The van der Waals surface area contributed by atoms with Crippen molar-refractivity contribution >= 4 is 18.1 Å². The third-order valence-corrected chi connectivity index (χ3v) is 6.09. The van der Waals surface area contributed by atoms with E-state index >= 15 is 0 Å². The van der Waals surface area contributed by atoms with E-state index in [9.17, 15) is 20.1 Å². The van der Waals surface area contributed by atoms with Gasteiger partial charge in [0.1, 0.15) is 41.1 Å². The van der Waals surface area contributed by atoms with Gasteiger partial charge in [-0.3, -0.25) is 0 Å². The number of nitrogens with two attached hydrogens (primary N) is 1. The van der Waals surface area contributed by atoms with E-state index < -0.39 is 5.97 Å². The molecule has 0 spiro atoms. The highest BCUT2D eigenvalue weighted by atomic mass is 16.7. The lowest BCUT2D eigenvalue weighted by molar-refractivity contribution is 0.0503. The van der Waals surface area contributed by atoms with Gasteiger partial charge >= 0.3 is 5.97 Å². The second-order valence-electron chi connectivity index (χ2n) is 8.69. The molecule has 9 nitrogen and oxygen atoms in total. The molecule has 0 aliphatic heterocycles. The minimum Gasteiger partial charge on any atom is -0.507 e. The molecular formula is C28H24N2O7. The van der Waals surface area contributed by atoms with Crippen molar-refractivity contribution in [1.29, 1.82) is 0 Å². The Bertz CT molecular complexity index is 1470. The van der Waals surface area contributed by atoms with Crippen LogP contribution in [0.5, 0.6) is 23.0 Å². The number of phenols is 3. The summed E-state index contributed by atoms with van der Waals surface area (Å²) in [5.74, 6) is 5.37. The molecule has 188 valence electrons. The number of rotatable bonds is 8. The van der Waals surface area contributed by atoms with Crippen LogP contribution in [-0.2, 0) is 11.4 Å². The molecule has 1 saturated carbocycles. The summed E-state index contributed by atoms with van der Waals surface area (Å²) in [6, 6.07) is 16.1. The fraction of sp³-hybridized carbons (Fsp3) is 0.143. The van der Waals surface area contributed by atoms with Crippen molar-refractivity contribution < 1.29 is 34.2 Å². The van der Waals surface area contributed by atoms with Crippen LogP contribution in [0.1, 0.15) is 51.6 Å². The molecule has 1 aromatic heterocycles. The van der Waals surface area contributed by atoms with Crippen LogP contribution < -0.4 is 10.6 Å². The molecule has 1 fully saturated rings. The average molecular weight is 501 g/mol. The third-order valence-electron chi connectivity index (χ3n) is 6.09. The van der Waals surface area contributed by atoms with Crippen LogP contribution in [0.25, 0.3) is 23.4 Å². The molecule has 3 aromatic carbocycles. The number of nitrogens with zero attached hydrogens (tertiary/aromatic N) is 1. The molecular weight excluding hydrogens is 476 g/mol. The standard InChI is InChI=1S/C28H24N2O7/c29-36-28(34)19-4-1-3-16(13-19)7-8-17-11-12-20(14-24(17)33)35-15-21-26(30-37-27(21)18-9-10-18)25-22(31)5-2-6-23(25)32/h1-8,11-14,18,31-33H,9-10,15,29H2/b8-7+. The van der Waals surface area contributed by atoms with Gasteiger partial charge in [-0.25, -0.2) is 4.79 Å². The number of hydrogen-bond donors (Lipinski definition) is 4. The molecule has 1 aliphatic carbocycles. The van der Waals surface area contributed by atoms with Gasteiger partial charge in [0.15, 0.2) is 0 Å². The zero-order valence-corrected chi connectivity index (χ0v) is 19.6. The van der Waals surface area contributed by atoms with E-state index in [2.05, 4.69) is 9.99 Å². The highest BCUT2D eigenvalue weighted by molar-refractivity contribution is 5.90. The van der Waals surface area contributed by atoms with E-state index in [4.69, 9.17) is 15.2 Å². The van der Waals surface area contributed by atoms with Crippen LogP contribution in [0.15, 0.2) is 65.2 Å². The zero-order chi connectivity index (χ0) is 25.9. The number of aromatic hydroxyl groups is 3. The molecule has 0 bridgehead atoms. The van der Waals surface area contributed by atoms with Gasteiger partial charge < -0.3 is 29.4 Å². The van der Waals surface area contributed by atoms with E-state index in [0.29, 0.717) is 33.9 Å². The Kier molecular flexibility index (Phi) is 6.53. The monoisotopic (exact) mass is 500 g/mol. The normalized spacial score (nSPS) is 13.1. The van der Waals surface area contributed by atoms with Gasteiger partial charge in [0.25, 0.3) is 0 Å². The maximum absolute atomic E-state index is 11.6. The van der Waals surface area contributed by atoms with Crippen molar-refractivity contribution in [3.8, 4) is 34.3 Å². The van der Waals surface area contributed by atoms with E-state index in [0.717, 1.165) is 18.4 Å². The lowest BCUT2D eigenvalue weighted by Gasteiger charge is -2.10. The molecule has 5 N–H and O–H groups in total. The Labute approximate surface area is 211 Å². The maximum atomic E-state index is 11.6. The van der Waals surface area contributed by atoms with Gasteiger partial charge in [0.2, 0.25) is 0 Å². The first-order chi connectivity index (χ1) is 17.9. The van der Waals surface area contributed by atoms with Crippen LogP contribution in [0.2, 0.25) is 0 Å². The number of aromatic nitrogens is 1. The van der Waals surface area contributed by atoms with Gasteiger partial charge in [0, 0.05) is 17.5 Å². The van der Waals surface area contributed by atoms with Crippen molar-refractivity contribution in [2.75, 3.05) is 0 Å². The van der Waals surface area contributed by atoms with Crippen molar-refractivity contribution in [2.24, 2.45) is 5.90 Å². The van der Waals surface area contributed by atoms with Crippen molar-refractivity contribution in [1.82, 2.24) is 5.16 Å². The molecule has 0 unspecified atom stereocenters. The van der Waals surface area contributed by atoms with Crippen LogP contribution in [-0.4, -0.2) is 26.4 Å². The topological polar surface area (TPSA) is 148 Å². The molecule has 1 heterocycles. The maximum Gasteiger partial charge on any atom is 0.356 e. The molecule has 1 aliphatic rings. The minimum atomic E-state index is -0.641. The molecule has 0 atom stereocenters. The summed E-state index contributed by atoms with van der Waals surface area (Å²) in [7, 11) is 0. The minimum absolute atomic E-state index is 0.00224. The number of carbonyl (C=O) groups excluding carboxylic acids is 1. The third kappa shape index (κ3) is 5.12. The van der Waals surface area contributed by atoms with Crippen LogP contribution >= 0.6 is 0 Å². The summed E-state index contributed by atoms with van der Waals surface area (Å²) < 4.78 is 11.5. The molecule has 37 heavy (non-hydrogen) atoms. The Morgan fingerprint density at radius 3 is 2.46 bits per heavy atom. The molecule has 0 radical (unpaired) electrons. The Morgan fingerprint density at radius 1 is 1.00 bits per heavy atom. The van der Waals surface area contributed by atoms with Gasteiger partial charge in [-0.2, -0.15) is 5.90 Å². The first-order valence-electron chi connectivity index (χ1n) is 11.6. The Hall–Kier alpha value is -4.76. The lowest BCUT2D eigenvalue weighted by Crippen LogP contribution is -2.09. The smallest absolute Gasteiger partial charge is 0.356 e. The van der Waals surface area contributed by atoms with Crippen molar-refractivity contribution in [3.63, 3.8) is 0 Å². The second-order valence-corrected chi connectivity index (χ2v) is 8.69. The Balaban J connectivity index is 1.35. The predicted molar refractivity (Wildman–Crippen MR) is 135 cm³/mol. The number of benzene rings is 3. The summed E-state index contributed by atoms with van der Waals surface area (Å²) in [4.78, 5) is 15.9. The van der Waals surface area contributed by atoms with Crippen LogP contribution in [0, 0.1) is 0 Å². The summed E-state index contributed by atoms with van der Waals surface area (Å²) in [6.45, 7) is 0.0666. The Morgan fingerprint density at radius 2 is 1.76 bits per heavy atom. The zero-order valence-electron chi connectivity index (χ0n) is 19.6. The predicted octanol–water partition coefficient (Wildman–Crippen LogP) is 5.12. The largest absolute Gasteiger partial charge is 0.507 e. The SMILES string of the molecule is NOC(=O)c1cccc(/C=C/c2ccc(OCc3c(-c4c(O)cccc4O)noc3C3CC3)cc2O)c1. The highest BCUT2D eigenvalue weighted by Crippen LogP contribution is 2.46. The summed E-state index contributed by atoms with van der Waals surface area (Å²) in [5, 5.41) is 35.3. The van der Waals surface area contributed by atoms with E-state index in [1.165, 1.54) is 24.3 Å². The number of phenolic OH excluding ortho intramolecular Hbond substituents is 3. The van der Waals surface area contributed by atoms with E-state index in [1.54, 1.807) is 48.6 Å². The quantitative estimate of drug-likeness (QED) is 0.191. The first-order valence-corrected chi connectivity index (χ1v) is 11.6. The molecule has 4 aromatic rings. The fourth-order valence-corrected chi connectivity index (χ4v) is 4.03. The summed E-state index contributed by atoms with van der Waals surface area (Å²) in [6.07, 6.45) is 5.38. The van der Waals surface area contributed by atoms with Crippen molar-refractivity contribution in [2.45, 2.75) is 25.4 Å². The van der Waals surface area contributed by atoms with Crippen LogP contribution in [0.3, 0.4) is 0 Å². The lowest BCUT2D eigenvalue weighted by atomic mass is 10.0. The van der Waals surface area contributed by atoms with Gasteiger partial charge in [0.05, 0.1) is 16.7 Å². The van der Waals surface area contributed by atoms with Gasteiger partial charge in [-0.15, -0.1) is 0 Å². The molecule has 5 rings (SSSR count). The van der Waals surface area contributed by atoms with Gasteiger partial charge in [-0.1, -0.05) is 35.5 Å². The van der Waals surface area contributed by atoms with Gasteiger partial charge in [-0.05, 0) is 54.8 Å². The molecule has 9 heteroatoms. The highest BCUT2D eigenvalue weighted by Gasteiger charge is 2.34. The number of carbonyl (C=O) groups is 1. The van der Waals surface area contributed by atoms with E-state index in [1.807, 2.05) is 0 Å².